The van der Waals surface area contributed by atoms with Crippen molar-refractivity contribution in [2.75, 3.05) is 25.5 Å². The lowest BCUT2D eigenvalue weighted by atomic mass is 10.5. The van der Waals surface area contributed by atoms with Gasteiger partial charge in [0.2, 0.25) is 0 Å². The lowest BCUT2D eigenvalue weighted by molar-refractivity contribution is 0.657. The third-order valence-electron chi connectivity index (χ3n) is 1.82. The molecule has 0 bridgehead atoms. The summed E-state index contributed by atoms with van der Waals surface area (Å²) >= 11 is 0. The van der Waals surface area contributed by atoms with Crippen LogP contribution in [0, 0.1) is 0 Å². The summed E-state index contributed by atoms with van der Waals surface area (Å²) < 4.78 is 1.40. The van der Waals surface area contributed by atoms with Crippen LogP contribution in [0.3, 0.4) is 0 Å². The molecule has 0 unspecified atom stereocenters. The van der Waals surface area contributed by atoms with Crippen LogP contribution in [-0.2, 0) is 6.54 Å². The van der Waals surface area contributed by atoms with Crippen LogP contribution >= 0.6 is 0 Å². The van der Waals surface area contributed by atoms with Gasteiger partial charge in [-0.1, -0.05) is 5.11 Å². The average molecular weight is 208 g/mol. The van der Waals surface area contributed by atoms with Crippen LogP contribution < -0.4 is 10.6 Å². The molecule has 1 heterocycles. The third kappa shape index (κ3) is 2.99. The maximum atomic E-state index is 11.4. The lowest BCUT2D eigenvalue weighted by Crippen LogP contribution is -2.26. The van der Waals surface area contributed by atoms with Crippen LogP contribution in [0.1, 0.15) is 0 Å². The van der Waals surface area contributed by atoms with E-state index >= 15 is 0 Å². The van der Waals surface area contributed by atoms with E-state index in [2.05, 4.69) is 15.0 Å². The third-order valence-corrected chi connectivity index (χ3v) is 1.82. The molecule has 7 nitrogen and oxygen atoms in total. The van der Waals surface area contributed by atoms with Crippen LogP contribution in [0.15, 0.2) is 22.2 Å². The molecule has 1 aromatic heterocycles. The second kappa shape index (κ2) is 5.02. The van der Waals surface area contributed by atoms with Gasteiger partial charge in [-0.3, -0.25) is 4.57 Å². The summed E-state index contributed by atoms with van der Waals surface area (Å²) in [6, 6.07) is 1.73. The predicted octanol–water partition coefficient (Wildman–Crippen LogP) is 0.620. The van der Waals surface area contributed by atoms with Gasteiger partial charge < -0.3 is 4.90 Å². The minimum atomic E-state index is -0.339. The fourth-order valence-electron chi connectivity index (χ4n) is 1.04. The molecule has 0 atom stereocenters. The van der Waals surface area contributed by atoms with Crippen LogP contribution in [0.4, 0.5) is 5.82 Å². The molecule has 1 rings (SSSR count). The highest BCUT2D eigenvalue weighted by Crippen LogP contribution is 2.00. The van der Waals surface area contributed by atoms with E-state index in [0.717, 1.165) is 0 Å². The zero-order valence-electron chi connectivity index (χ0n) is 8.66. The predicted molar refractivity (Wildman–Crippen MR) is 56.8 cm³/mol. The van der Waals surface area contributed by atoms with Crippen molar-refractivity contribution in [3.63, 3.8) is 0 Å². The Balaban J connectivity index is 2.84. The Hall–Kier alpha value is -2.01. The molecule has 0 amide bonds. The molecule has 0 fully saturated rings. The SMILES string of the molecule is CN(C)c1ccn(CCN=[N+]=[N-])c(=O)n1. The number of anilines is 1. The summed E-state index contributed by atoms with van der Waals surface area (Å²) in [5, 5.41) is 3.35. The first-order chi connectivity index (χ1) is 7.15. The molecule has 80 valence electrons. The Morgan fingerprint density at radius 2 is 2.40 bits per heavy atom. The Kier molecular flexibility index (Phi) is 3.70. The molecule has 15 heavy (non-hydrogen) atoms. The largest absolute Gasteiger partial charge is 0.363 e. The summed E-state index contributed by atoms with van der Waals surface area (Å²) in [5.74, 6) is 0.611. The van der Waals surface area contributed by atoms with Gasteiger partial charge in [0.1, 0.15) is 5.82 Å². The Morgan fingerprint density at radius 1 is 1.67 bits per heavy atom. The van der Waals surface area contributed by atoms with E-state index in [1.165, 1.54) is 4.57 Å². The van der Waals surface area contributed by atoms with Gasteiger partial charge in [-0.05, 0) is 11.6 Å². The van der Waals surface area contributed by atoms with Crippen molar-refractivity contribution in [1.29, 1.82) is 0 Å². The van der Waals surface area contributed by atoms with Crippen LogP contribution in [0.25, 0.3) is 10.4 Å². The summed E-state index contributed by atoms with van der Waals surface area (Å²) in [5.41, 5.74) is 7.74. The topological polar surface area (TPSA) is 86.9 Å². The van der Waals surface area contributed by atoms with E-state index in [4.69, 9.17) is 5.53 Å². The summed E-state index contributed by atoms with van der Waals surface area (Å²) in [4.78, 5) is 19.6. The second-order valence-corrected chi connectivity index (χ2v) is 3.11. The van der Waals surface area contributed by atoms with E-state index in [9.17, 15) is 4.79 Å². The monoisotopic (exact) mass is 208 g/mol. The Morgan fingerprint density at radius 3 is 2.93 bits per heavy atom. The first kappa shape index (κ1) is 11.1. The maximum absolute atomic E-state index is 11.4. The maximum Gasteiger partial charge on any atom is 0.349 e. The molecule has 0 spiro atoms. The molecule has 0 aliphatic rings. The van der Waals surface area contributed by atoms with E-state index in [-0.39, 0.29) is 12.2 Å². The zero-order valence-corrected chi connectivity index (χ0v) is 8.66. The van der Waals surface area contributed by atoms with Gasteiger partial charge in [0.15, 0.2) is 0 Å². The first-order valence-electron chi connectivity index (χ1n) is 4.41. The molecule has 0 aromatic carbocycles. The molecule has 0 aliphatic carbocycles. The van der Waals surface area contributed by atoms with Crippen LogP contribution in [0.5, 0.6) is 0 Å². The average Bonchev–Trinajstić information content (AvgIpc) is 2.20. The van der Waals surface area contributed by atoms with Crippen molar-refractivity contribution >= 4 is 5.82 Å². The fraction of sp³-hybridized carbons (Fsp3) is 0.500. The van der Waals surface area contributed by atoms with Gasteiger partial charge in [0, 0.05) is 38.3 Å². The number of nitrogens with zero attached hydrogens (tertiary/aromatic N) is 6. The summed E-state index contributed by atoms with van der Waals surface area (Å²) in [6.07, 6.45) is 1.64. The number of rotatable bonds is 4. The first-order valence-corrected chi connectivity index (χ1v) is 4.41. The Bertz CT molecular complexity index is 431. The molecular weight excluding hydrogens is 196 g/mol. The van der Waals surface area contributed by atoms with Crippen molar-refractivity contribution in [3.05, 3.63) is 33.2 Å². The van der Waals surface area contributed by atoms with E-state index in [1.54, 1.807) is 17.2 Å². The minimum absolute atomic E-state index is 0.249. The number of hydrogen-bond acceptors (Lipinski definition) is 4. The Labute approximate surface area is 86.6 Å². The quantitative estimate of drug-likeness (QED) is 0.413. The molecule has 0 saturated carbocycles. The van der Waals surface area contributed by atoms with Crippen molar-refractivity contribution in [1.82, 2.24) is 9.55 Å². The van der Waals surface area contributed by atoms with E-state index in [1.807, 2.05) is 14.1 Å². The van der Waals surface area contributed by atoms with E-state index in [0.29, 0.717) is 12.4 Å². The van der Waals surface area contributed by atoms with Crippen LogP contribution in [0.2, 0.25) is 0 Å². The van der Waals surface area contributed by atoms with Crippen molar-refractivity contribution in [2.45, 2.75) is 6.54 Å². The molecule has 1 aromatic rings. The van der Waals surface area contributed by atoms with E-state index < -0.39 is 0 Å². The number of azide groups is 1. The smallest absolute Gasteiger partial charge is 0.349 e. The highest BCUT2D eigenvalue weighted by Gasteiger charge is 2.00. The standard InChI is InChI=1S/C8H12N6O/c1-13(2)7-3-5-14(8(15)11-7)6-4-10-12-9/h3,5H,4,6H2,1-2H3. The highest BCUT2D eigenvalue weighted by molar-refractivity contribution is 5.33. The minimum Gasteiger partial charge on any atom is -0.363 e. The lowest BCUT2D eigenvalue weighted by Gasteiger charge is -2.11. The number of hydrogen-bond donors (Lipinski definition) is 0. The van der Waals surface area contributed by atoms with Gasteiger partial charge in [0.25, 0.3) is 0 Å². The van der Waals surface area contributed by atoms with Gasteiger partial charge in [-0.25, -0.2) is 4.79 Å². The highest BCUT2D eigenvalue weighted by atomic mass is 16.1. The second-order valence-electron chi connectivity index (χ2n) is 3.11. The molecule has 7 heteroatoms. The van der Waals surface area contributed by atoms with Gasteiger partial charge in [-0.2, -0.15) is 4.98 Å². The molecule has 0 saturated heterocycles. The fourth-order valence-corrected chi connectivity index (χ4v) is 1.04. The summed E-state index contributed by atoms with van der Waals surface area (Å²) in [7, 11) is 3.62. The van der Waals surface area contributed by atoms with Crippen molar-refractivity contribution in [2.24, 2.45) is 5.11 Å². The molecule has 0 N–H and O–H groups in total. The molecule has 0 aliphatic heterocycles. The molecular formula is C8H12N6O. The number of aromatic nitrogens is 2. The molecule has 0 radical (unpaired) electrons. The van der Waals surface area contributed by atoms with Gasteiger partial charge in [0.05, 0.1) is 0 Å². The zero-order chi connectivity index (χ0) is 11.3. The normalized spacial score (nSPS) is 9.47. The van der Waals surface area contributed by atoms with Crippen molar-refractivity contribution < 1.29 is 0 Å². The van der Waals surface area contributed by atoms with Gasteiger partial charge >= 0.3 is 5.69 Å². The van der Waals surface area contributed by atoms with Crippen molar-refractivity contribution in [3.8, 4) is 0 Å². The van der Waals surface area contributed by atoms with Gasteiger partial charge in [-0.15, -0.1) is 0 Å². The van der Waals surface area contributed by atoms with Crippen LogP contribution in [-0.4, -0.2) is 30.2 Å². The summed E-state index contributed by atoms with van der Waals surface area (Å²) in [6.45, 7) is 0.600.